The second kappa shape index (κ2) is 12.7. The Morgan fingerprint density at radius 1 is 1.21 bits per heavy atom. The van der Waals surface area contributed by atoms with Crippen LogP contribution < -0.4 is 21.5 Å². The normalized spacial score (nSPS) is 15.8. The molecule has 1 aliphatic heterocycles. The SMILES string of the molecule is CC(CO)C(=O)Nc1ccc(SNc2ccn(CCCCN3CCC(N)CC3)c(=O)n2)cc1. The van der Waals surface area contributed by atoms with Gasteiger partial charge in [0.25, 0.3) is 0 Å². The Kier molecular flexibility index (Phi) is 9.74. The van der Waals surface area contributed by atoms with Gasteiger partial charge < -0.3 is 25.8 Å². The first-order chi connectivity index (χ1) is 15.9. The summed E-state index contributed by atoms with van der Waals surface area (Å²) in [6, 6.07) is 9.43. The molecule has 1 unspecified atom stereocenters. The Morgan fingerprint density at radius 3 is 2.58 bits per heavy atom. The van der Waals surface area contributed by atoms with Crippen molar-refractivity contribution >= 4 is 29.4 Å². The molecule has 0 spiro atoms. The van der Waals surface area contributed by atoms with Crippen molar-refractivity contribution in [2.24, 2.45) is 11.7 Å². The molecule has 33 heavy (non-hydrogen) atoms. The van der Waals surface area contributed by atoms with Gasteiger partial charge in [-0.1, -0.05) is 6.92 Å². The molecule has 1 aliphatic rings. The van der Waals surface area contributed by atoms with Gasteiger partial charge in [0.05, 0.1) is 12.5 Å². The number of hydrogen-bond donors (Lipinski definition) is 4. The molecule has 5 N–H and O–H groups in total. The van der Waals surface area contributed by atoms with Gasteiger partial charge >= 0.3 is 5.69 Å². The summed E-state index contributed by atoms with van der Waals surface area (Å²) in [6.07, 6.45) is 5.90. The van der Waals surface area contributed by atoms with E-state index in [1.54, 1.807) is 35.9 Å². The van der Waals surface area contributed by atoms with Gasteiger partial charge in [0, 0.05) is 29.4 Å². The average Bonchev–Trinajstić information content (AvgIpc) is 2.83. The lowest BCUT2D eigenvalue weighted by atomic mass is 10.1. The number of aryl methyl sites for hydroxylation is 1. The Labute approximate surface area is 198 Å². The summed E-state index contributed by atoms with van der Waals surface area (Å²) in [6.45, 7) is 5.32. The highest BCUT2D eigenvalue weighted by atomic mass is 32.2. The molecule has 0 bridgehead atoms. The van der Waals surface area contributed by atoms with Crippen LogP contribution in [0.3, 0.4) is 0 Å². The van der Waals surface area contributed by atoms with Crippen molar-refractivity contribution in [2.75, 3.05) is 36.3 Å². The second-order valence-corrected chi connectivity index (χ2v) is 9.36. The third-order valence-corrected chi connectivity index (χ3v) is 6.57. The summed E-state index contributed by atoms with van der Waals surface area (Å²) in [7, 11) is 0. The summed E-state index contributed by atoms with van der Waals surface area (Å²) in [5.74, 6) is -0.180. The van der Waals surface area contributed by atoms with E-state index in [9.17, 15) is 9.59 Å². The van der Waals surface area contributed by atoms with Crippen molar-refractivity contribution in [1.29, 1.82) is 0 Å². The van der Waals surface area contributed by atoms with Crippen LogP contribution in [0.15, 0.2) is 46.2 Å². The van der Waals surface area contributed by atoms with Crippen LogP contribution in [0.5, 0.6) is 0 Å². The number of piperidine rings is 1. The maximum absolute atomic E-state index is 12.3. The zero-order valence-electron chi connectivity index (χ0n) is 19.1. The number of anilines is 2. The maximum Gasteiger partial charge on any atom is 0.349 e. The van der Waals surface area contributed by atoms with Gasteiger partial charge in [-0.25, -0.2) is 4.79 Å². The van der Waals surface area contributed by atoms with Crippen molar-refractivity contribution in [1.82, 2.24) is 14.5 Å². The smallest absolute Gasteiger partial charge is 0.349 e. The van der Waals surface area contributed by atoms with Gasteiger partial charge in [-0.2, -0.15) is 4.98 Å². The van der Waals surface area contributed by atoms with E-state index in [4.69, 9.17) is 10.8 Å². The molecule has 3 rings (SSSR count). The van der Waals surface area contributed by atoms with Crippen molar-refractivity contribution in [3.8, 4) is 0 Å². The van der Waals surface area contributed by atoms with E-state index in [0.29, 0.717) is 24.1 Å². The highest BCUT2D eigenvalue weighted by Gasteiger charge is 2.15. The van der Waals surface area contributed by atoms with Gasteiger partial charge in [-0.05, 0) is 87.6 Å². The molecule has 2 aromatic rings. The molecule has 1 atom stereocenters. The number of rotatable bonds is 11. The summed E-state index contributed by atoms with van der Waals surface area (Å²) < 4.78 is 4.73. The van der Waals surface area contributed by atoms with E-state index < -0.39 is 5.92 Å². The first kappa shape index (κ1) is 25.2. The number of aliphatic hydroxyl groups is 1. The van der Waals surface area contributed by atoms with Gasteiger partial charge in [-0.3, -0.25) is 9.36 Å². The van der Waals surface area contributed by atoms with Crippen molar-refractivity contribution in [3.05, 3.63) is 47.0 Å². The van der Waals surface area contributed by atoms with Crippen LogP contribution in [-0.2, 0) is 11.3 Å². The monoisotopic (exact) mass is 474 g/mol. The molecule has 1 aromatic heterocycles. The Morgan fingerprint density at radius 2 is 1.91 bits per heavy atom. The topological polar surface area (TPSA) is 126 Å². The summed E-state index contributed by atoms with van der Waals surface area (Å²) in [5.41, 5.74) is 6.35. The van der Waals surface area contributed by atoms with Crippen molar-refractivity contribution in [2.45, 2.75) is 50.1 Å². The molecule has 1 fully saturated rings. The van der Waals surface area contributed by atoms with Crippen LogP contribution in [0.4, 0.5) is 11.5 Å². The first-order valence-electron chi connectivity index (χ1n) is 11.4. The fourth-order valence-electron chi connectivity index (χ4n) is 3.52. The molecule has 180 valence electrons. The van der Waals surface area contributed by atoms with E-state index in [0.717, 1.165) is 50.2 Å². The van der Waals surface area contributed by atoms with Crippen LogP contribution in [0.2, 0.25) is 0 Å². The molecule has 1 aromatic carbocycles. The number of unbranched alkanes of at least 4 members (excludes halogenated alkanes) is 1. The Balaban J connectivity index is 1.40. The zero-order chi connectivity index (χ0) is 23.6. The molecule has 0 aliphatic carbocycles. The summed E-state index contributed by atoms with van der Waals surface area (Å²) in [4.78, 5) is 31.6. The quantitative estimate of drug-likeness (QED) is 0.288. The lowest BCUT2D eigenvalue weighted by Crippen LogP contribution is -2.40. The molecule has 1 saturated heterocycles. The minimum absolute atomic E-state index is 0.191. The predicted molar refractivity (Wildman–Crippen MR) is 132 cm³/mol. The van der Waals surface area contributed by atoms with E-state index in [1.807, 2.05) is 12.1 Å². The van der Waals surface area contributed by atoms with Crippen LogP contribution >= 0.6 is 11.9 Å². The van der Waals surface area contributed by atoms with Gasteiger partial charge in [0.1, 0.15) is 5.82 Å². The molecule has 10 heteroatoms. The third-order valence-electron chi connectivity index (χ3n) is 5.75. The molecule has 1 amide bonds. The van der Waals surface area contributed by atoms with E-state index in [-0.39, 0.29) is 18.2 Å². The largest absolute Gasteiger partial charge is 0.396 e. The van der Waals surface area contributed by atoms with Crippen LogP contribution in [0, 0.1) is 5.92 Å². The van der Waals surface area contributed by atoms with Gasteiger partial charge in [0.2, 0.25) is 5.91 Å². The van der Waals surface area contributed by atoms with Crippen molar-refractivity contribution < 1.29 is 9.90 Å². The van der Waals surface area contributed by atoms with E-state index >= 15 is 0 Å². The van der Waals surface area contributed by atoms with E-state index in [2.05, 4.69) is 19.9 Å². The number of amides is 1. The number of carbonyl (C=O) groups excluding carboxylic acids is 1. The molecule has 2 heterocycles. The molecule has 0 saturated carbocycles. The number of hydrogen-bond acceptors (Lipinski definition) is 8. The predicted octanol–water partition coefficient (Wildman–Crippen LogP) is 2.13. The molecular formula is C23H34N6O3S. The Bertz CT molecular complexity index is 944. The Hall–Kier alpha value is -2.40. The fraction of sp³-hybridized carbons (Fsp3) is 0.522. The number of nitrogens with zero attached hydrogens (tertiary/aromatic N) is 3. The van der Waals surface area contributed by atoms with Gasteiger partial charge in [0.15, 0.2) is 0 Å². The lowest BCUT2D eigenvalue weighted by Gasteiger charge is -2.29. The number of nitrogens with one attached hydrogen (secondary N) is 2. The molecule has 9 nitrogen and oxygen atoms in total. The number of benzene rings is 1. The summed E-state index contributed by atoms with van der Waals surface area (Å²) >= 11 is 1.34. The number of aliphatic hydroxyl groups excluding tert-OH is 1. The maximum atomic E-state index is 12.3. The first-order valence-corrected chi connectivity index (χ1v) is 12.3. The molecule has 0 radical (unpaired) electrons. The minimum Gasteiger partial charge on any atom is -0.396 e. The van der Waals surface area contributed by atoms with Gasteiger partial charge in [-0.15, -0.1) is 0 Å². The third kappa shape index (κ3) is 8.15. The minimum atomic E-state index is -0.456. The van der Waals surface area contributed by atoms with Crippen LogP contribution in [0.1, 0.15) is 32.6 Å². The van der Waals surface area contributed by atoms with Crippen LogP contribution in [-0.4, -0.2) is 57.7 Å². The van der Waals surface area contributed by atoms with Crippen molar-refractivity contribution in [3.63, 3.8) is 0 Å². The highest BCUT2D eigenvalue weighted by molar-refractivity contribution is 8.00. The number of aromatic nitrogens is 2. The summed E-state index contributed by atoms with van der Waals surface area (Å²) in [5, 5.41) is 11.8. The zero-order valence-corrected chi connectivity index (χ0v) is 19.9. The van der Waals surface area contributed by atoms with E-state index in [1.165, 1.54) is 11.9 Å². The molecular weight excluding hydrogens is 440 g/mol. The standard InChI is InChI=1S/C23H34N6O3S/c1-17(16-30)22(31)25-19-4-6-20(7-5-19)33-27-21-10-15-29(23(32)26-21)12-3-2-11-28-13-8-18(24)9-14-28/h4-7,10,15,17-18,30H,2-3,8-9,11-14,16,24H2,1H3,(H,25,31)(H,26,27,32). The number of likely N-dealkylation sites (tertiary alicyclic amines) is 1. The average molecular weight is 475 g/mol. The number of carbonyl (C=O) groups is 1. The fourth-order valence-corrected chi connectivity index (χ4v) is 4.12. The highest BCUT2D eigenvalue weighted by Crippen LogP contribution is 2.21. The van der Waals surface area contributed by atoms with Crippen LogP contribution in [0.25, 0.3) is 0 Å². The second-order valence-electron chi connectivity index (χ2n) is 8.48. The lowest BCUT2D eigenvalue weighted by molar-refractivity contribution is -0.120. The number of nitrogens with two attached hydrogens (primary N) is 1.